The second-order valence-corrected chi connectivity index (χ2v) is 3.29. The van der Waals surface area contributed by atoms with E-state index in [-0.39, 0.29) is 13.0 Å². The van der Waals surface area contributed by atoms with E-state index in [1.165, 1.54) is 0 Å². The number of imide groups is 2. The van der Waals surface area contributed by atoms with Gasteiger partial charge in [0, 0.05) is 13.0 Å². The highest BCUT2D eigenvalue weighted by molar-refractivity contribution is 6.14. The van der Waals surface area contributed by atoms with Crippen molar-refractivity contribution in [3.8, 4) is 0 Å². The summed E-state index contributed by atoms with van der Waals surface area (Å²) in [6.07, 6.45) is -6.25. The molecule has 1 rings (SSSR count). The molecule has 5 nitrogen and oxygen atoms in total. The van der Waals surface area contributed by atoms with Crippen molar-refractivity contribution in [1.82, 2.24) is 10.2 Å². The van der Waals surface area contributed by atoms with Crippen LogP contribution in [0.3, 0.4) is 0 Å². The quantitative estimate of drug-likeness (QED) is 0.739. The normalized spacial score (nSPS) is 17.7. The summed E-state index contributed by atoms with van der Waals surface area (Å²) in [5.74, 6) is -1.50. The van der Waals surface area contributed by atoms with Gasteiger partial charge < -0.3 is 0 Å². The van der Waals surface area contributed by atoms with Gasteiger partial charge in [-0.25, -0.2) is 4.79 Å². The molecule has 0 aromatic heterocycles. The minimum Gasteiger partial charge on any atom is -0.277 e. The molecule has 1 heterocycles. The molecule has 0 unspecified atom stereocenters. The summed E-state index contributed by atoms with van der Waals surface area (Å²) < 4.78 is 35.4. The van der Waals surface area contributed by atoms with Crippen molar-refractivity contribution in [2.45, 2.75) is 25.4 Å². The summed E-state index contributed by atoms with van der Waals surface area (Å²) in [6.45, 7) is -0.336. The molecule has 8 heteroatoms. The van der Waals surface area contributed by atoms with Crippen molar-refractivity contribution in [2.24, 2.45) is 0 Å². The van der Waals surface area contributed by atoms with Gasteiger partial charge in [-0.3, -0.25) is 19.8 Å². The first-order valence-corrected chi connectivity index (χ1v) is 4.50. The molecule has 0 saturated carbocycles. The number of nitrogens with one attached hydrogen (secondary N) is 1. The van der Waals surface area contributed by atoms with E-state index >= 15 is 0 Å². The fourth-order valence-corrected chi connectivity index (χ4v) is 1.24. The van der Waals surface area contributed by atoms with Crippen molar-refractivity contribution in [3.05, 3.63) is 0 Å². The lowest BCUT2D eigenvalue weighted by Gasteiger charge is -2.24. The number of halogens is 3. The lowest BCUT2D eigenvalue weighted by Crippen LogP contribution is -2.52. The van der Waals surface area contributed by atoms with E-state index in [1.54, 1.807) is 0 Å². The molecule has 1 aliphatic heterocycles. The van der Waals surface area contributed by atoms with Crippen LogP contribution in [-0.2, 0) is 9.59 Å². The number of hydrogen-bond donors (Lipinski definition) is 1. The molecule has 90 valence electrons. The fourth-order valence-electron chi connectivity index (χ4n) is 1.24. The van der Waals surface area contributed by atoms with Crippen LogP contribution in [0.2, 0.25) is 0 Å². The number of barbiturate groups is 1. The van der Waals surface area contributed by atoms with Crippen LogP contribution in [0, 0.1) is 0 Å². The molecule has 0 bridgehead atoms. The van der Waals surface area contributed by atoms with Gasteiger partial charge >= 0.3 is 12.2 Å². The number of hydrogen-bond acceptors (Lipinski definition) is 3. The molecule has 0 spiro atoms. The van der Waals surface area contributed by atoms with E-state index < -0.39 is 36.9 Å². The van der Waals surface area contributed by atoms with Crippen LogP contribution in [-0.4, -0.2) is 35.5 Å². The summed E-state index contributed by atoms with van der Waals surface area (Å²) >= 11 is 0. The van der Waals surface area contributed by atoms with Crippen molar-refractivity contribution in [2.75, 3.05) is 6.54 Å². The Balaban J connectivity index is 2.45. The Morgan fingerprint density at radius 3 is 2.38 bits per heavy atom. The number of alkyl halides is 3. The number of nitrogens with zero attached hydrogens (tertiary/aromatic N) is 1. The Morgan fingerprint density at radius 1 is 1.25 bits per heavy atom. The first-order valence-electron chi connectivity index (χ1n) is 4.50. The molecule has 0 aromatic rings. The number of rotatable bonds is 3. The van der Waals surface area contributed by atoms with Crippen molar-refractivity contribution in [1.29, 1.82) is 0 Å². The zero-order valence-electron chi connectivity index (χ0n) is 8.13. The zero-order valence-corrected chi connectivity index (χ0v) is 8.13. The monoisotopic (exact) mass is 238 g/mol. The van der Waals surface area contributed by atoms with Gasteiger partial charge in [0.05, 0.1) is 0 Å². The van der Waals surface area contributed by atoms with Gasteiger partial charge in [0.25, 0.3) is 0 Å². The molecule has 0 aromatic carbocycles. The van der Waals surface area contributed by atoms with Gasteiger partial charge in [-0.15, -0.1) is 0 Å². The van der Waals surface area contributed by atoms with Crippen molar-refractivity contribution >= 4 is 17.8 Å². The lowest BCUT2D eigenvalue weighted by atomic mass is 10.2. The molecule has 1 fully saturated rings. The lowest BCUT2D eigenvalue weighted by molar-refractivity contribution is -0.141. The largest absolute Gasteiger partial charge is 0.389 e. The predicted molar refractivity (Wildman–Crippen MR) is 45.2 cm³/mol. The first-order chi connectivity index (χ1) is 7.29. The van der Waals surface area contributed by atoms with Crippen LogP contribution in [0.25, 0.3) is 0 Å². The SMILES string of the molecule is O=C1CC(=O)N(CCCC(F)(F)F)C(=O)N1. The van der Waals surface area contributed by atoms with E-state index in [4.69, 9.17) is 0 Å². The van der Waals surface area contributed by atoms with Crippen LogP contribution >= 0.6 is 0 Å². The average molecular weight is 238 g/mol. The molecule has 0 atom stereocenters. The Labute approximate surface area is 88.6 Å². The first kappa shape index (κ1) is 12.5. The standard InChI is InChI=1S/C8H9F3N2O3/c9-8(10,11)2-1-3-13-6(15)4-5(14)12-7(13)16/h1-4H2,(H,12,14,16). The minimum atomic E-state index is -4.31. The molecule has 0 radical (unpaired) electrons. The molecule has 16 heavy (non-hydrogen) atoms. The van der Waals surface area contributed by atoms with E-state index in [1.807, 2.05) is 5.32 Å². The van der Waals surface area contributed by atoms with Gasteiger partial charge in [-0.2, -0.15) is 13.2 Å². The summed E-state index contributed by atoms with van der Waals surface area (Å²) in [4.78, 5) is 33.5. The molecular weight excluding hydrogens is 229 g/mol. The highest BCUT2D eigenvalue weighted by Crippen LogP contribution is 2.21. The van der Waals surface area contributed by atoms with Crippen LogP contribution in [0.4, 0.5) is 18.0 Å². The Bertz CT molecular complexity index is 307. The van der Waals surface area contributed by atoms with Crippen molar-refractivity contribution in [3.63, 3.8) is 0 Å². The van der Waals surface area contributed by atoms with Gasteiger partial charge in [-0.1, -0.05) is 0 Å². The van der Waals surface area contributed by atoms with Crippen LogP contribution in [0.1, 0.15) is 19.3 Å². The summed E-state index contributed by atoms with van der Waals surface area (Å²) in [7, 11) is 0. The Morgan fingerprint density at radius 2 is 1.88 bits per heavy atom. The van der Waals surface area contributed by atoms with Crippen LogP contribution in [0.15, 0.2) is 0 Å². The molecular formula is C8H9F3N2O3. The maximum Gasteiger partial charge on any atom is 0.389 e. The summed E-state index contributed by atoms with van der Waals surface area (Å²) in [5, 5.41) is 1.85. The predicted octanol–water partition coefficient (Wildman–Crippen LogP) is 0.797. The van der Waals surface area contributed by atoms with Gasteiger partial charge in [0.15, 0.2) is 0 Å². The summed E-state index contributed by atoms with van der Waals surface area (Å²) in [6, 6.07) is -0.955. The third kappa shape index (κ3) is 3.52. The van der Waals surface area contributed by atoms with Gasteiger partial charge in [0.2, 0.25) is 11.8 Å². The number of urea groups is 1. The third-order valence-corrected chi connectivity index (χ3v) is 1.95. The van der Waals surface area contributed by atoms with Gasteiger partial charge in [0.1, 0.15) is 6.42 Å². The number of amides is 4. The van der Waals surface area contributed by atoms with Crippen LogP contribution in [0.5, 0.6) is 0 Å². The van der Waals surface area contributed by atoms with Crippen molar-refractivity contribution < 1.29 is 27.6 Å². The maximum atomic E-state index is 11.8. The smallest absolute Gasteiger partial charge is 0.277 e. The molecule has 1 N–H and O–H groups in total. The van der Waals surface area contributed by atoms with E-state index in [0.29, 0.717) is 4.90 Å². The summed E-state index contributed by atoms with van der Waals surface area (Å²) in [5.41, 5.74) is 0. The second-order valence-electron chi connectivity index (χ2n) is 3.29. The highest BCUT2D eigenvalue weighted by atomic mass is 19.4. The van der Waals surface area contributed by atoms with E-state index in [9.17, 15) is 27.6 Å². The molecule has 1 saturated heterocycles. The highest BCUT2D eigenvalue weighted by Gasteiger charge is 2.32. The Hall–Kier alpha value is -1.60. The van der Waals surface area contributed by atoms with E-state index in [2.05, 4.69) is 0 Å². The number of carbonyl (C=O) groups is 3. The zero-order chi connectivity index (χ0) is 12.3. The van der Waals surface area contributed by atoms with Gasteiger partial charge in [-0.05, 0) is 6.42 Å². The molecule has 0 aliphatic carbocycles. The fraction of sp³-hybridized carbons (Fsp3) is 0.625. The third-order valence-electron chi connectivity index (χ3n) is 1.95. The molecule has 4 amide bonds. The second kappa shape index (κ2) is 4.50. The van der Waals surface area contributed by atoms with E-state index in [0.717, 1.165) is 0 Å². The number of carbonyl (C=O) groups excluding carboxylic acids is 3. The Kier molecular flexibility index (Phi) is 3.51. The van der Waals surface area contributed by atoms with Crippen LogP contribution < -0.4 is 5.32 Å². The average Bonchev–Trinajstić information content (AvgIpc) is 2.07. The topological polar surface area (TPSA) is 66.5 Å². The minimum absolute atomic E-state index is 0.336. The maximum absolute atomic E-state index is 11.8. The molecule has 1 aliphatic rings.